The van der Waals surface area contributed by atoms with Gasteiger partial charge in [-0.25, -0.2) is 4.52 Å². The van der Waals surface area contributed by atoms with E-state index in [-0.39, 0.29) is 18.6 Å². The molecule has 0 radical (unpaired) electrons. The molecule has 3 aliphatic rings. The molecule has 0 atom stereocenters. The maximum Gasteiger partial charge on any atom is 0.257 e. The Kier molecular flexibility index (Phi) is 5.36. The Labute approximate surface area is 198 Å². The zero-order chi connectivity index (χ0) is 23.1. The fourth-order valence-electron chi connectivity index (χ4n) is 5.31. The van der Waals surface area contributed by atoms with Crippen molar-refractivity contribution in [3.05, 3.63) is 59.4 Å². The van der Waals surface area contributed by atoms with Gasteiger partial charge in [0.1, 0.15) is 0 Å². The van der Waals surface area contributed by atoms with Gasteiger partial charge in [-0.1, -0.05) is 0 Å². The summed E-state index contributed by atoms with van der Waals surface area (Å²) in [4.78, 5) is 30.0. The number of hydrogen-bond acceptors (Lipinski definition) is 5. The Balaban J connectivity index is 1.15. The van der Waals surface area contributed by atoms with E-state index >= 15 is 0 Å². The summed E-state index contributed by atoms with van der Waals surface area (Å²) in [7, 11) is 0. The van der Waals surface area contributed by atoms with Gasteiger partial charge in [-0.2, -0.15) is 5.10 Å². The van der Waals surface area contributed by atoms with Crippen molar-refractivity contribution in [2.75, 3.05) is 33.0 Å². The number of rotatable bonds is 3. The number of nitrogens with zero attached hydrogens (tertiary/aromatic N) is 4. The molecule has 176 valence electrons. The van der Waals surface area contributed by atoms with Crippen LogP contribution in [0.3, 0.4) is 0 Å². The van der Waals surface area contributed by atoms with Crippen LogP contribution in [0.25, 0.3) is 5.52 Å². The van der Waals surface area contributed by atoms with Crippen LogP contribution in [-0.4, -0.2) is 64.2 Å². The van der Waals surface area contributed by atoms with Crippen molar-refractivity contribution < 1.29 is 19.1 Å². The molecule has 6 rings (SSSR count). The molecule has 5 heterocycles. The maximum atomic E-state index is 13.1. The van der Waals surface area contributed by atoms with Crippen LogP contribution in [0.5, 0.6) is 11.5 Å². The van der Waals surface area contributed by atoms with Crippen LogP contribution in [0.2, 0.25) is 0 Å². The predicted molar refractivity (Wildman–Crippen MR) is 125 cm³/mol. The smallest absolute Gasteiger partial charge is 0.257 e. The molecule has 0 unspecified atom stereocenters. The molecular formula is C26H28N4O4. The van der Waals surface area contributed by atoms with E-state index < -0.39 is 0 Å². The number of likely N-dealkylation sites (tertiary alicyclic amines) is 2. The zero-order valence-electron chi connectivity index (χ0n) is 19.1. The fraction of sp³-hybridized carbons (Fsp3) is 0.423. The number of benzene rings is 1. The van der Waals surface area contributed by atoms with E-state index in [2.05, 4.69) is 17.2 Å². The number of ether oxygens (including phenoxy) is 2. The Hall–Kier alpha value is -3.55. The average Bonchev–Trinajstić information content (AvgIpc) is 3.54. The Bertz CT molecular complexity index is 1240. The van der Waals surface area contributed by atoms with Gasteiger partial charge in [-0.15, -0.1) is 0 Å². The van der Waals surface area contributed by atoms with Crippen molar-refractivity contribution in [2.24, 2.45) is 0 Å². The second-order valence-corrected chi connectivity index (χ2v) is 9.34. The average molecular weight is 461 g/mol. The molecule has 3 aliphatic heterocycles. The number of piperidine rings is 2. The van der Waals surface area contributed by atoms with Crippen LogP contribution in [0.15, 0.2) is 42.7 Å². The molecule has 8 heteroatoms. The fourth-order valence-corrected chi connectivity index (χ4v) is 5.31. The van der Waals surface area contributed by atoms with Gasteiger partial charge in [0.15, 0.2) is 11.5 Å². The van der Waals surface area contributed by atoms with Gasteiger partial charge in [0, 0.05) is 37.9 Å². The second kappa shape index (κ2) is 8.66. The van der Waals surface area contributed by atoms with Gasteiger partial charge >= 0.3 is 0 Å². The van der Waals surface area contributed by atoms with Crippen LogP contribution in [0.4, 0.5) is 0 Å². The summed E-state index contributed by atoms with van der Waals surface area (Å²) < 4.78 is 12.6. The maximum absolute atomic E-state index is 13.1. The summed E-state index contributed by atoms with van der Waals surface area (Å²) in [6.45, 7) is 3.24. The van der Waals surface area contributed by atoms with E-state index in [4.69, 9.17) is 9.47 Å². The SMILES string of the molecule is O=C(c1ccc2c(c1)OCO2)N1CCC(c2ccn3ncc(C(=O)N4CCCCC4)c3c2)CC1. The van der Waals surface area contributed by atoms with Gasteiger partial charge < -0.3 is 19.3 Å². The number of aromatic nitrogens is 2. The monoisotopic (exact) mass is 460 g/mol. The highest BCUT2D eigenvalue weighted by Crippen LogP contribution is 2.34. The largest absolute Gasteiger partial charge is 0.454 e. The summed E-state index contributed by atoms with van der Waals surface area (Å²) in [5, 5.41) is 4.41. The number of pyridine rings is 1. The lowest BCUT2D eigenvalue weighted by Crippen LogP contribution is -2.37. The standard InChI is InChI=1S/C26H28N4O4/c31-25(20-4-5-23-24(15-20)34-17-33-23)29-11-6-18(7-12-29)19-8-13-30-22(14-19)21(16-27-30)26(32)28-9-2-1-3-10-28/h4-5,8,13-16,18H,1-3,6-7,9-12,17H2. The lowest BCUT2D eigenvalue weighted by molar-refractivity contribution is 0.0709. The molecule has 0 bridgehead atoms. The molecule has 0 N–H and O–H groups in total. The van der Waals surface area contributed by atoms with E-state index in [0.717, 1.165) is 44.3 Å². The summed E-state index contributed by atoms with van der Waals surface area (Å²) >= 11 is 0. The molecule has 1 aromatic carbocycles. The molecule has 3 aromatic rings. The minimum atomic E-state index is 0.0254. The third kappa shape index (κ3) is 3.77. The third-order valence-corrected chi connectivity index (χ3v) is 7.29. The third-order valence-electron chi connectivity index (χ3n) is 7.29. The van der Waals surface area contributed by atoms with Gasteiger partial charge in [-0.05, 0) is 73.9 Å². The lowest BCUT2D eigenvalue weighted by atomic mass is 9.89. The molecule has 8 nitrogen and oxygen atoms in total. The highest BCUT2D eigenvalue weighted by molar-refractivity contribution is 6.00. The highest BCUT2D eigenvalue weighted by Gasteiger charge is 2.27. The van der Waals surface area contributed by atoms with Crippen molar-refractivity contribution in [3.8, 4) is 11.5 Å². The van der Waals surface area contributed by atoms with E-state index in [0.29, 0.717) is 41.6 Å². The zero-order valence-corrected chi connectivity index (χ0v) is 19.1. The molecule has 0 spiro atoms. The summed E-state index contributed by atoms with van der Waals surface area (Å²) in [6, 6.07) is 9.58. The normalized spacial score (nSPS) is 18.5. The minimum absolute atomic E-state index is 0.0254. The van der Waals surface area contributed by atoms with Crippen molar-refractivity contribution in [1.82, 2.24) is 19.4 Å². The second-order valence-electron chi connectivity index (χ2n) is 9.34. The van der Waals surface area contributed by atoms with Gasteiger partial charge in [0.25, 0.3) is 11.8 Å². The Morgan fingerprint density at radius 3 is 2.44 bits per heavy atom. The molecule has 2 aromatic heterocycles. The van der Waals surface area contributed by atoms with Gasteiger partial charge in [0.05, 0.1) is 17.3 Å². The van der Waals surface area contributed by atoms with Crippen molar-refractivity contribution in [3.63, 3.8) is 0 Å². The number of carbonyl (C=O) groups excluding carboxylic acids is 2. The quantitative estimate of drug-likeness (QED) is 0.596. The van der Waals surface area contributed by atoms with Crippen LogP contribution in [0, 0.1) is 0 Å². The number of carbonyl (C=O) groups is 2. The topological polar surface area (TPSA) is 76.4 Å². The highest BCUT2D eigenvalue weighted by atomic mass is 16.7. The minimum Gasteiger partial charge on any atom is -0.454 e. The van der Waals surface area contributed by atoms with Crippen molar-refractivity contribution in [1.29, 1.82) is 0 Å². The van der Waals surface area contributed by atoms with Crippen LogP contribution >= 0.6 is 0 Å². The van der Waals surface area contributed by atoms with Crippen LogP contribution in [-0.2, 0) is 0 Å². The summed E-state index contributed by atoms with van der Waals surface area (Å²) in [5.41, 5.74) is 3.38. The first kappa shape index (κ1) is 21.0. The van der Waals surface area contributed by atoms with Crippen LogP contribution in [0.1, 0.15) is 64.3 Å². The number of hydrogen-bond donors (Lipinski definition) is 0. The van der Waals surface area contributed by atoms with Crippen molar-refractivity contribution in [2.45, 2.75) is 38.0 Å². The molecular weight excluding hydrogens is 432 g/mol. The first-order chi connectivity index (χ1) is 16.7. The number of amides is 2. The van der Waals surface area contributed by atoms with E-state index in [9.17, 15) is 9.59 Å². The first-order valence-corrected chi connectivity index (χ1v) is 12.1. The van der Waals surface area contributed by atoms with E-state index in [1.54, 1.807) is 28.9 Å². The lowest BCUT2D eigenvalue weighted by Gasteiger charge is -2.32. The first-order valence-electron chi connectivity index (χ1n) is 12.1. The molecule has 34 heavy (non-hydrogen) atoms. The summed E-state index contributed by atoms with van der Waals surface area (Å²) in [5.74, 6) is 1.76. The summed E-state index contributed by atoms with van der Waals surface area (Å²) in [6.07, 6.45) is 8.74. The molecule has 0 aliphatic carbocycles. The Morgan fingerprint density at radius 2 is 1.62 bits per heavy atom. The van der Waals surface area contributed by atoms with Gasteiger partial charge in [-0.3, -0.25) is 9.59 Å². The molecule has 2 saturated heterocycles. The van der Waals surface area contributed by atoms with E-state index in [1.165, 1.54) is 12.0 Å². The molecule has 0 saturated carbocycles. The Morgan fingerprint density at radius 1 is 0.853 bits per heavy atom. The molecule has 2 amide bonds. The van der Waals surface area contributed by atoms with Gasteiger partial charge in [0.2, 0.25) is 6.79 Å². The van der Waals surface area contributed by atoms with E-state index in [1.807, 2.05) is 16.0 Å². The van der Waals surface area contributed by atoms with Crippen LogP contribution < -0.4 is 9.47 Å². The number of fused-ring (bicyclic) bond motifs is 2. The predicted octanol–water partition coefficient (Wildman–Crippen LogP) is 3.71. The van der Waals surface area contributed by atoms with Crippen molar-refractivity contribution >= 4 is 17.3 Å². The molecule has 2 fully saturated rings.